The van der Waals surface area contributed by atoms with E-state index in [2.05, 4.69) is 16.2 Å². The summed E-state index contributed by atoms with van der Waals surface area (Å²) >= 11 is 0.407. The zero-order valence-corrected chi connectivity index (χ0v) is 17.8. The largest absolute Gasteiger partial charge is 0.483 e. The third-order valence-electron chi connectivity index (χ3n) is 3.70. The summed E-state index contributed by atoms with van der Waals surface area (Å²) in [6.45, 7) is 1.41. The lowest BCUT2D eigenvalue weighted by Gasteiger charge is -2.12. The fourth-order valence-electron chi connectivity index (χ4n) is 2.32. The smallest absolute Gasteiger partial charge is 0.288 e. The summed E-state index contributed by atoms with van der Waals surface area (Å²) < 4.78 is 30.2. The highest BCUT2D eigenvalue weighted by molar-refractivity contribution is 7.99. The Labute approximate surface area is 187 Å². The van der Waals surface area contributed by atoms with Gasteiger partial charge in [0.25, 0.3) is 23.5 Å². The third kappa shape index (κ3) is 8.60. The molecule has 0 bridgehead atoms. The molecule has 0 atom stereocenters. The lowest BCUT2D eigenvalue weighted by atomic mass is 10.2. The van der Waals surface area contributed by atoms with Crippen molar-refractivity contribution in [2.24, 2.45) is 0 Å². The maximum absolute atomic E-state index is 12.4. The molecule has 0 radical (unpaired) electrons. The van der Waals surface area contributed by atoms with Crippen LogP contribution in [0.15, 0.2) is 77.7 Å². The Bertz CT molecular complexity index is 995. The molecule has 10 heteroatoms. The first-order chi connectivity index (χ1) is 15.4. The van der Waals surface area contributed by atoms with Gasteiger partial charge in [0.2, 0.25) is 0 Å². The van der Waals surface area contributed by atoms with Gasteiger partial charge in [0.05, 0.1) is 5.56 Å². The molecule has 0 spiro atoms. The minimum atomic E-state index is -2.52. The molecule has 0 aliphatic rings. The van der Waals surface area contributed by atoms with Crippen molar-refractivity contribution in [1.29, 1.82) is 0 Å². The summed E-state index contributed by atoms with van der Waals surface area (Å²) in [6.07, 6.45) is 6.16. The molecule has 0 saturated heterocycles. The number of nitrogens with one attached hydrogen (secondary N) is 3. The van der Waals surface area contributed by atoms with Crippen molar-refractivity contribution in [3.05, 3.63) is 78.4 Å². The molecule has 3 N–H and O–H groups in total. The molecular formula is C22H21F2N3O4S. The number of halogens is 2. The van der Waals surface area contributed by atoms with Crippen LogP contribution in [0.3, 0.4) is 0 Å². The van der Waals surface area contributed by atoms with Gasteiger partial charge in [-0.25, -0.2) is 0 Å². The summed E-state index contributed by atoms with van der Waals surface area (Å²) in [5, 5.41) is 2.57. The number of alkyl halides is 2. The number of benzene rings is 2. The van der Waals surface area contributed by atoms with Crippen LogP contribution in [0.4, 0.5) is 14.5 Å². The minimum absolute atomic E-state index is 0.117. The van der Waals surface area contributed by atoms with Crippen LogP contribution in [0.25, 0.3) is 0 Å². The Morgan fingerprint density at radius 2 is 1.75 bits per heavy atom. The first kappa shape index (κ1) is 24.6. The van der Waals surface area contributed by atoms with Gasteiger partial charge in [-0.15, -0.1) is 0 Å². The van der Waals surface area contributed by atoms with Crippen LogP contribution in [0.2, 0.25) is 0 Å². The van der Waals surface area contributed by atoms with Gasteiger partial charge >= 0.3 is 0 Å². The molecule has 32 heavy (non-hydrogen) atoms. The lowest BCUT2D eigenvalue weighted by molar-refractivity contribution is -0.118. The van der Waals surface area contributed by atoms with Crippen molar-refractivity contribution in [1.82, 2.24) is 10.9 Å². The number of amides is 3. The Kier molecular flexibility index (Phi) is 9.92. The normalized spacial score (nSPS) is 11.0. The molecule has 2 aromatic carbocycles. The number of para-hydroxylation sites is 1. The zero-order chi connectivity index (χ0) is 23.3. The van der Waals surface area contributed by atoms with Gasteiger partial charge in [0.15, 0.2) is 6.61 Å². The SMILES string of the molecule is C/C=C/C=C/C(=O)NNC(=O)c1ccccc1OCC(=O)Nc1ccc(SC(F)F)cc1. The topological polar surface area (TPSA) is 96.5 Å². The van der Waals surface area contributed by atoms with E-state index in [4.69, 9.17) is 4.74 Å². The number of carbonyl (C=O) groups excluding carboxylic acids is 3. The van der Waals surface area contributed by atoms with Crippen LogP contribution in [-0.2, 0) is 9.59 Å². The van der Waals surface area contributed by atoms with E-state index in [1.807, 2.05) is 0 Å². The second kappa shape index (κ2) is 12.9. The van der Waals surface area contributed by atoms with Gasteiger partial charge in [-0.05, 0) is 43.3 Å². The van der Waals surface area contributed by atoms with E-state index in [0.717, 1.165) is 0 Å². The van der Waals surface area contributed by atoms with Crippen LogP contribution < -0.4 is 20.9 Å². The van der Waals surface area contributed by atoms with Gasteiger partial charge in [-0.3, -0.25) is 25.2 Å². The highest BCUT2D eigenvalue weighted by atomic mass is 32.2. The van der Waals surface area contributed by atoms with Crippen LogP contribution in [0.1, 0.15) is 17.3 Å². The van der Waals surface area contributed by atoms with Gasteiger partial charge in [0, 0.05) is 16.7 Å². The number of rotatable bonds is 9. The first-order valence-electron chi connectivity index (χ1n) is 9.35. The predicted octanol–water partition coefficient (Wildman–Crippen LogP) is 3.91. The number of hydrazine groups is 1. The number of hydrogen-bond donors (Lipinski definition) is 3. The van der Waals surface area contributed by atoms with Crippen LogP contribution in [0, 0.1) is 0 Å². The molecule has 0 unspecified atom stereocenters. The Hall–Kier alpha value is -3.66. The molecule has 0 aromatic heterocycles. The summed E-state index contributed by atoms with van der Waals surface area (Å²) in [7, 11) is 0. The minimum Gasteiger partial charge on any atom is -0.483 e. The molecule has 0 heterocycles. The highest BCUT2D eigenvalue weighted by Gasteiger charge is 2.14. The van der Waals surface area contributed by atoms with E-state index in [9.17, 15) is 23.2 Å². The van der Waals surface area contributed by atoms with Crippen LogP contribution in [0.5, 0.6) is 5.75 Å². The maximum atomic E-state index is 12.4. The standard InChI is InChI=1S/C22H21F2N3O4S/c1-2-3-4-9-19(28)26-27-21(30)17-7-5-6-8-18(17)31-14-20(29)25-15-10-12-16(13-11-15)32-22(23)24/h2-13,22H,14H2,1H3,(H,25,29)(H,26,28)(H,27,30)/b3-2+,9-4+. The number of thioether (sulfide) groups is 1. The number of ether oxygens (including phenoxy) is 1. The fourth-order valence-corrected chi connectivity index (χ4v) is 2.82. The van der Waals surface area contributed by atoms with Crippen LogP contribution in [-0.4, -0.2) is 30.1 Å². The molecular weight excluding hydrogens is 440 g/mol. The molecule has 2 aromatic rings. The van der Waals surface area contributed by atoms with E-state index in [0.29, 0.717) is 22.3 Å². The van der Waals surface area contributed by atoms with Crippen LogP contribution >= 0.6 is 11.8 Å². The summed E-state index contributed by atoms with van der Waals surface area (Å²) in [6, 6.07) is 12.1. The van der Waals surface area contributed by atoms with E-state index >= 15 is 0 Å². The number of anilines is 1. The van der Waals surface area contributed by atoms with E-state index in [1.54, 1.807) is 31.2 Å². The fraction of sp³-hybridized carbons (Fsp3) is 0.136. The monoisotopic (exact) mass is 461 g/mol. The van der Waals surface area contributed by atoms with Gasteiger partial charge < -0.3 is 10.1 Å². The summed E-state index contributed by atoms with van der Waals surface area (Å²) in [4.78, 5) is 36.5. The molecule has 3 amide bonds. The number of carbonyl (C=O) groups is 3. The molecule has 168 valence electrons. The van der Waals surface area contributed by atoms with Crippen molar-refractivity contribution in [3.8, 4) is 5.75 Å². The van der Waals surface area contributed by atoms with Crippen molar-refractivity contribution < 1.29 is 27.9 Å². The van der Waals surface area contributed by atoms with E-state index in [1.165, 1.54) is 48.6 Å². The second-order valence-electron chi connectivity index (χ2n) is 6.06. The average molecular weight is 461 g/mol. The highest BCUT2D eigenvalue weighted by Crippen LogP contribution is 2.26. The molecule has 0 aliphatic heterocycles. The quantitative estimate of drug-likeness (QED) is 0.228. The van der Waals surface area contributed by atoms with E-state index < -0.39 is 30.1 Å². The van der Waals surface area contributed by atoms with Crippen molar-refractivity contribution in [3.63, 3.8) is 0 Å². The molecule has 2 rings (SSSR count). The second-order valence-corrected chi connectivity index (χ2v) is 7.13. The predicted molar refractivity (Wildman–Crippen MR) is 118 cm³/mol. The third-order valence-corrected chi connectivity index (χ3v) is 4.43. The van der Waals surface area contributed by atoms with E-state index in [-0.39, 0.29) is 11.3 Å². The number of hydrogen-bond acceptors (Lipinski definition) is 5. The lowest BCUT2D eigenvalue weighted by Crippen LogP contribution is -2.41. The van der Waals surface area contributed by atoms with Gasteiger partial charge in [-0.2, -0.15) is 8.78 Å². The van der Waals surface area contributed by atoms with Crippen molar-refractivity contribution >= 4 is 35.2 Å². The first-order valence-corrected chi connectivity index (χ1v) is 10.2. The average Bonchev–Trinajstić information content (AvgIpc) is 2.77. The summed E-state index contributed by atoms with van der Waals surface area (Å²) in [5.74, 6) is -4.03. The molecule has 0 fully saturated rings. The maximum Gasteiger partial charge on any atom is 0.288 e. The van der Waals surface area contributed by atoms with Gasteiger partial charge in [-0.1, -0.05) is 42.1 Å². The van der Waals surface area contributed by atoms with Crippen molar-refractivity contribution in [2.75, 3.05) is 11.9 Å². The number of allylic oxidation sites excluding steroid dienone is 3. The van der Waals surface area contributed by atoms with Gasteiger partial charge in [0.1, 0.15) is 5.75 Å². The zero-order valence-electron chi connectivity index (χ0n) is 17.0. The Morgan fingerprint density at radius 1 is 1.03 bits per heavy atom. The molecule has 0 aliphatic carbocycles. The molecule has 0 saturated carbocycles. The molecule has 7 nitrogen and oxygen atoms in total. The Balaban J connectivity index is 1.90. The summed E-state index contributed by atoms with van der Waals surface area (Å²) in [5.41, 5.74) is 5.03. The Morgan fingerprint density at radius 3 is 2.44 bits per heavy atom. The van der Waals surface area contributed by atoms with Crippen molar-refractivity contribution in [2.45, 2.75) is 17.6 Å².